The predicted octanol–water partition coefficient (Wildman–Crippen LogP) is 0.446. The average Bonchev–Trinajstić information content (AvgIpc) is 2.51. The summed E-state index contributed by atoms with van der Waals surface area (Å²) in [5.74, 6) is 0. The zero-order chi connectivity index (χ0) is 12.9. The molecule has 0 aliphatic heterocycles. The van der Waals surface area contributed by atoms with Gasteiger partial charge in [0.15, 0.2) is 0 Å². The van der Waals surface area contributed by atoms with E-state index in [1.165, 1.54) is 15.9 Å². The minimum atomic E-state index is -0.446. The first-order chi connectivity index (χ1) is 9.45. The summed E-state index contributed by atoms with van der Waals surface area (Å²) in [5, 5.41) is 4.19. The van der Waals surface area contributed by atoms with Crippen molar-refractivity contribution in [1.82, 2.24) is 0 Å². The van der Waals surface area contributed by atoms with E-state index in [1.54, 1.807) is 0 Å². The Morgan fingerprint density at radius 2 is 0.667 bits per heavy atom. The van der Waals surface area contributed by atoms with E-state index in [4.69, 9.17) is 0 Å². The second-order valence-corrected chi connectivity index (χ2v) is 6.56. The Hall–Kier alpha value is -0.768. The van der Waals surface area contributed by atoms with E-state index < -0.39 is 7.92 Å². The van der Waals surface area contributed by atoms with Crippen LogP contribution in [0.5, 0.6) is 0 Å². The van der Waals surface area contributed by atoms with Crippen LogP contribution in [-0.2, 0) is 20.4 Å². The average molecular weight is 449 g/mol. The molecule has 0 bridgehead atoms. The van der Waals surface area contributed by atoms with Crippen LogP contribution in [0.3, 0.4) is 0 Å². The van der Waals surface area contributed by atoms with E-state index >= 15 is 0 Å². The molecule has 0 spiro atoms. The van der Waals surface area contributed by atoms with E-state index in [2.05, 4.69) is 91.0 Å². The van der Waals surface area contributed by atoms with Gasteiger partial charge in [-0.1, -0.05) is 91.0 Å². The summed E-state index contributed by atoms with van der Waals surface area (Å²) in [7, 11) is -0.446. The molecule has 108 valence electrons. The van der Waals surface area contributed by atoms with Gasteiger partial charge in [0.2, 0.25) is 0 Å². The summed E-state index contributed by atoms with van der Waals surface area (Å²) in [6.07, 6.45) is 0. The van der Waals surface area contributed by atoms with Crippen LogP contribution in [0.25, 0.3) is 0 Å². The Labute approximate surface area is 151 Å². The Balaban J connectivity index is 0.00000110. The van der Waals surface area contributed by atoms with Gasteiger partial charge in [-0.3, -0.25) is 0 Å². The van der Waals surface area contributed by atoms with E-state index in [1.807, 2.05) is 0 Å². The Bertz CT molecular complexity index is 535. The van der Waals surface area contributed by atoms with Crippen molar-refractivity contribution >= 4 is 23.8 Å². The molecule has 0 saturated heterocycles. The molecule has 3 heteroatoms. The number of benzene rings is 3. The number of hydrogen-bond acceptors (Lipinski definition) is 0. The third kappa shape index (κ3) is 4.60. The second kappa shape index (κ2) is 9.29. The molecule has 3 aromatic rings. The minimum absolute atomic E-state index is 0. The maximum atomic E-state index is 2.23. The fraction of sp³-hybridized carbons (Fsp3) is 0. The molecule has 0 radical (unpaired) electrons. The molecule has 0 amide bonds. The number of halogens is 1. The Morgan fingerprint density at radius 1 is 0.429 bits per heavy atom. The Morgan fingerprint density at radius 3 is 0.905 bits per heavy atom. The van der Waals surface area contributed by atoms with Crippen molar-refractivity contribution in [2.24, 2.45) is 0 Å². The van der Waals surface area contributed by atoms with E-state index in [0.717, 1.165) is 0 Å². The van der Waals surface area contributed by atoms with Crippen LogP contribution in [0.4, 0.5) is 0 Å². The van der Waals surface area contributed by atoms with Gasteiger partial charge in [0.25, 0.3) is 0 Å². The predicted molar refractivity (Wildman–Crippen MR) is 85.1 cm³/mol. The van der Waals surface area contributed by atoms with Crippen molar-refractivity contribution < 1.29 is 37.4 Å². The zero-order valence-electron chi connectivity index (χ0n) is 11.3. The maximum Gasteiger partial charge on any atom is 2.00 e. The largest absolute Gasteiger partial charge is 2.00 e. The second-order valence-electron chi connectivity index (χ2n) is 4.34. The van der Waals surface area contributed by atoms with Crippen molar-refractivity contribution in [3.8, 4) is 0 Å². The topological polar surface area (TPSA) is 0 Å². The van der Waals surface area contributed by atoms with Crippen molar-refractivity contribution in [3.63, 3.8) is 0 Å². The van der Waals surface area contributed by atoms with Crippen LogP contribution >= 0.6 is 7.92 Å². The molecule has 0 aliphatic carbocycles. The molecule has 21 heavy (non-hydrogen) atoms. The van der Waals surface area contributed by atoms with Gasteiger partial charge in [-0.25, -0.2) is 0 Å². The fourth-order valence-electron chi connectivity index (χ4n) is 2.18. The smallest absolute Gasteiger partial charge is 1.00 e. The molecule has 3 rings (SSSR count). The normalized spacial score (nSPS) is 9.57. The third-order valence-electron chi connectivity index (χ3n) is 3.04. The SMILES string of the molecule is [Br-].[Pd+2].c1ccc(P(c2ccccc2)c2ccccc2)cc1. The molecule has 0 saturated carbocycles. The Kier molecular flexibility index (Phi) is 8.09. The molecular weight excluding hydrogens is 433 g/mol. The maximum absolute atomic E-state index is 2.23. The molecule has 0 atom stereocenters. The molecule has 0 unspecified atom stereocenters. The molecule has 0 fully saturated rings. The van der Waals surface area contributed by atoms with E-state index in [0.29, 0.717) is 0 Å². The molecule has 0 nitrogen and oxygen atoms in total. The van der Waals surface area contributed by atoms with Gasteiger partial charge in [0, 0.05) is 0 Å². The van der Waals surface area contributed by atoms with E-state index in [-0.39, 0.29) is 37.4 Å². The summed E-state index contributed by atoms with van der Waals surface area (Å²) >= 11 is 0. The van der Waals surface area contributed by atoms with Crippen molar-refractivity contribution in [1.29, 1.82) is 0 Å². The van der Waals surface area contributed by atoms with Crippen LogP contribution in [0.2, 0.25) is 0 Å². The van der Waals surface area contributed by atoms with Crippen molar-refractivity contribution in [3.05, 3.63) is 91.0 Å². The summed E-state index contributed by atoms with van der Waals surface area (Å²) in [6.45, 7) is 0. The molecule has 3 aromatic carbocycles. The van der Waals surface area contributed by atoms with Crippen LogP contribution in [-0.4, -0.2) is 0 Å². The van der Waals surface area contributed by atoms with Crippen LogP contribution in [0, 0.1) is 0 Å². The minimum Gasteiger partial charge on any atom is -1.00 e. The number of rotatable bonds is 3. The van der Waals surface area contributed by atoms with Gasteiger partial charge in [-0.05, 0) is 23.8 Å². The first-order valence-corrected chi connectivity index (χ1v) is 7.74. The van der Waals surface area contributed by atoms with Crippen LogP contribution in [0.1, 0.15) is 0 Å². The third-order valence-corrected chi connectivity index (χ3v) is 5.49. The van der Waals surface area contributed by atoms with Gasteiger partial charge < -0.3 is 17.0 Å². The van der Waals surface area contributed by atoms with Gasteiger partial charge in [0.1, 0.15) is 0 Å². The standard InChI is InChI=1S/C18H15P.BrH.Pd/c1-4-10-16(11-5-1)19(17-12-6-2-7-13-17)18-14-8-3-9-15-18;;/h1-15H;1H;/q;;+2/p-1. The molecule has 0 aromatic heterocycles. The monoisotopic (exact) mass is 447 g/mol. The molecular formula is C18H15BrPPd+. The summed E-state index contributed by atoms with van der Waals surface area (Å²) in [5.41, 5.74) is 0. The van der Waals surface area contributed by atoms with Gasteiger partial charge >= 0.3 is 20.4 Å². The van der Waals surface area contributed by atoms with Gasteiger partial charge in [-0.2, -0.15) is 0 Å². The molecule has 0 heterocycles. The van der Waals surface area contributed by atoms with Crippen molar-refractivity contribution in [2.75, 3.05) is 0 Å². The van der Waals surface area contributed by atoms with Gasteiger partial charge in [-0.15, -0.1) is 0 Å². The zero-order valence-corrected chi connectivity index (χ0v) is 15.3. The molecule has 0 N–H and O–H groups in total. The van der Waals surface area contributed by atoms with Gasteiger partial charge in [0.05, 0.1) is 0 Å². The quantitative estimate of drug-likeness (QED) is 0.403. The first-order valence-electron chi connectivity index (χ1n) is 6.40. The van der Waals surface area contributed by atoms with Crippen LogP contribution in [0.15, 0.2) is 91.0 Å². The summed E-state index contributed by atoms with van der Waals surface area (Å²) in [4.78, 5) is 0. The summed E-state index contributed by atoms with van der Waals surface area (Å²) < 4.78 is 0. The van der Waals surface area contributed by atoms with E-state index in [9.17, 15) is 0 Å². The summed E-state index contributed by atoms with van der Waals surface area (Å²) in [6, 6.07) is 32.3. The molecule has 0 aliphatic rings. The number of hydrogen-bond donors (Lipinski definition) is 0. The van der Waals surface area contributed by atoms with Crippen molar-refractivity contribution in [2.45, 2.75) is 0 Å². The van der Waals surface area contributed by atoms with Crippen LogP contribution < -0.4 is 32.9 Å². The first kappa shape index (κ1) is 18.3. The fourth-order valence-corrected chi connectivity index (χ4v) is 4.48.